The highest BCUT2D eigenvalue weighted by Gasteiger charge is 2.06. The molecule has 0 saturated heterocycles. The van der Waals surface area contributed by atoms with Crippen molar-refractivity contribution in [3.8, 4) is 0 Å². The number of aromatic nitrogens is 1. The number of hydrogen-bond acceptors (Lipinski definition) is 3. The highest BCUT2D eigenvalue weighted by Crippen LogP contribution is 2.34. The fourth-order valence-corrected chi connectivity index (χ4v) is 3.05. The molecule has 2 N–H and O–H groups in total. The first-order valence-electron chi connectivity index (χ1n) is 5.40. The van der Waals surface area contributed by atoms with Crippen LogP contribution in [0.1, 0.15) is 18.5 Å². The third-order valence-corrected chi connectivity index (χ3v) is 4.81. The van der Waals surface area contributed by atoms with Crippen LogP contribution in [-0.4, -0.2) is 4.98 Å². The first kappa shape index (κ1) is 14.1. The average molecular weight is 388 g/mol. The lowest BCUT2D eigenvalue weighted by atomic mass is 10.1. The van der Waals surface area contributed by atoms with Gasteiger partial charge < -0.3 is 5.73 Å². The third kappa shape index (κ3) is 3.57. The molecule has 94 valence electrons. The molecule has 18 heavy (non-hydrogen) atoms. The van der Waals surface area contributed by atoms with Crippen molar-refractivity contribution in [1.29, 1.82) is 0 Å². The van der Waals surface area contributed by atoms with E-state index in [0.717, 1.165) is 24.4 Å². The molecule has 0 bridgehead atoms. The Kier molecular flexibility index (Phi) is 4.84. The largest absolute Gasteiger partial charge is 0.324 e. The monoisotopic (exact) mass is 386 g/mol. The van der Waals surface area contributed by atoms with Crippen LogP contribution in [0, 0.1) is 0 Å². The Balaban J connectivity index is 2.22. The van der Waals surface area contributed by atoms with E-state index in [1.165, 1.54) is 0 Å². The van der Waals surface area contributed by atoms with Crippen molar-refractivity contribution in [3.63, 3.8) is 0 Å². The predicted octanol–water partition coefficient (Wildman–Crippen LogP) is 4.78. The molecule has 0 aliphatic heterocycles. The summed E-state index contributed by atoms with van der Waals surface area (Å²) in [6.07, 6.45) is 1.80. The Morgan fingerprint density at radius 2 is 2.00 bits per heavy atom. The zero-order chi connectivity index (χ0) is 13.1. The molecule has 0 unspecified atom stereocenters. The van der Waals surface area contributed by atoms with Gasteiger partial charge in [-0.3, -0.25) is 0 Å². The molecule has 0 spiro atoms. The predicted molar refractivity (Wildman–Crippen MR) is 82.8 cm³/mol. The Labute approximate surface area is 128 Å². The molecular weight excluding hydrogens is 376 g/mol. The maximum absolute atomic E-state index is 5.86. The molecule has 0 aliphatic rings. The van der Waals surface area contributed by atoms with Crippen molar-refractivity contribution in [3.05, 3.63) is 51.0 Å². The quantitative estimate of drug-likeness (QED) is 0.823. The van der Waals surface area contributed by atoms with Crippen LogP contribution in [0.3, 0.4) is 0 Å². The van der Waals surface area contributed by atoms with Crippen LogP contribution in [0.25, 0.3) is 0 Å². The topological polar surface area (TPSA) is 38.9 Å². The van der Waals surface area contributed by atoms with Crippen LogP contribution in [0.2, 0.25) is 0 Å². The molecule has 2 aromatic rings. The fourth-order valence-electron chi connectivity index (χ4n) is 1.42. The van der Waals surface area contributed by atoms with Gasteiger partial charge in [0.05, 0.1) is 0 Å². The third-order valence-electron chi connectivity index (χ3n) is 2.40. The van der Waals surface area contributed by atoms with Crippen LogP contribution in [0.15, 0.2) is 55.4 Å². The Hall–Kier alpha value is -0.360. The highest BCUT2D eigenvalue weighted by molar-refractivity contribution is 9.10. The molecule has 0 saturated carbocycles. The second-order valence-electron chi connectivity index (χ2n) is 3.90. The van der Waals surface area contributed by atoms with Crippen LogP contribution in [-0.2, 0) is 0 Å². The number of halogens is 2. The number of rotatable bonds is 3. The van der Waals surface area contributed by atoms with Crippen molar-refractivity contribution in [2.24, 2.45) is 5.73 Å². The fraction of sp³-hybridized carbons (Fsp3) is 0.154. The molecule has 0 aliphatic carbocycles. The molecule has 0 radical (unpaired) electrons. The lowest BCUT2D eigenvalue weighted by molar-refractivity contribution is 0.815. The minimum Gasteiger partial charge on any atom is -0.324 e. The van der Waals surface area contributed by atoms with Crippen molar-refractivity contribution in [2.75, 3.05) is 0 Å². The summed E-state index contributed by atoms with van der Waals surface area (Å²) >= 11 is 8.57. The number of pyridine rings is 1. The van der Waals surface area contributed by atoms with Crippen LogP contribution >= 0.6 is 43.6 Å². The van der Waals surface area contributed by atoms with Crippen LogP contribution < -0.4 is 5.73 Å². The second kappa shape index (κ2) is 6.19. The van der Waals surface area contributed by atoms with Gasteiger partial charge in [-0.2, -0.15) is 0 Å². The van der Waals surface area contributed by atoms with Gasteiger partial charge in [0.15, 0.2) is 0 Å². The summed E-state index contributed by atoms with van der Waals surface area (Å²) in [5.74, 6) is 0. The minimum atomic E-state index is 0.0474. The summed E-state index contributed by atoms with van der Waals surface area (Å²) < 4.78 is 2.03. The normalized spacial score (nSPS) is 12.4. The van der Waals surface area contributed by atoms with Gasteiger partial charge in [0.2, 0.25) is 0 Å². The molecule has 1 heterocycles. The summed E-state index contributed by atoms with van der Waals surface area (Å²) in [7, 11) is 0. The van der Waals surface area contributed by atoms with Crippen molar-refractivity contribution < 1.29 is 0 Å². The van der Waals surface area contributed by atoms with E-state index < -0.39 is 0 Å². The van der Waals surface area contributed by atoms with E-state index in [2.05, 4.69) is 55.0 Å². The second-order valence-corrected chi connectivity index (χ2v) is 6.73. The van der Waals surface area contributed by atoms with Crippen LogP contribution in [0.4, 0.5) is 0 Å². The molecule has 1 aromatic carbocycles. The number of benzene rings is 1. The summed E-state index contributed by atoms with van der Waals surface area (Å²) in [5.41, 5.74) is 6.98. The van der Waals surface area contributed by atoms with E-state index in [4.69, 9.17) is 5.73 Å². The molecular formula is C13H12Br2N2S. The maximum atomic E-state index is 5.86. The van der Waals surface area contributed by atoms with Gasteiger partial charge in [0.25, 0.3) is 0 Å². The molecule has 5 heteroatoms. The standard InChI is InChI=1S/C13H12Br2N2S/c1-8(16)9-2-4-12(11(15)6-9)18-13-5-3-10(14)7-17-13/h2-8H,16H2,1H3/t8-/m0/s1. The lowest BCUT2D eigenvalue weighted by Crippen LogP contribution is -2.04. The number of nitrogens with zero attached hydrogens (tertiary/aromatic N) is 1. The average Bonchev–Trinajstić information content (AvgIpc) is 2.34. The first-order chi connectivity index (χ1) is 8.56. The molecule has 1 atom stereocenters. The maximum Gasteiger partial charge on any atom is 0.101 e. The Morgan fingerprint density at radius 3 is 2.56 bits per heavy atom. The van der Waals surface area contributed by atoms with Gasteiger partial charge >= 0.3 is 0 Å². The zero-order valence-electron chi connectivity index (χ0n) is 9.73. The van der Waals surface area contributed by atoms with Crippen molar-refractivity contribution in [2.45, 2.75) is 22.9 Å². The summed E-state index contributed by atoms with van der Waals surface area (Å²) in [5, 5.41) is 0.965. The van der Waals surface area contributed by atoms with E-state index in [1.807, 2.05) is 19.1 Å². The Morgan fingerprint density at radius 1 is 1.22 bits per heavy atom. The molecule has 0 fully saturated rings. The van der Waals surface area contributed by atoms with E-state index in [-0.39, 0.29) is 6.04 Å². The Bertz CT molecular complexity index is 541. The van der Waals surface area contributed by atoms with Gasteiger partial charge in [-0.1, -0.05) is 17.8 Å². The summed E-state index contributed by atoms with van der Waals surface area (Å²) in [6.45, 7) is 1.98. The SMILES string of the molecule is C[C@H](N)c1ccc(Sc2ccc(Br)cn2)c(Br)c1. The molecule has 0 amide bonds. The number of nitrogens with two attached hydrogens (primary N) is 1. The van der Waals surface area contributed by atoms with Crippen molar-refractivity contribution in [1.82, 2.24) is 4.98 Å². The first-order valence-corrected chi connectivity index (χ1v) is 7.81. The van der Waals surface area contributed by atoms with E-state index in [9.17, 15) is 0 Å². The van der Waals surface area contributed by atoms with Gasteiger partial charge in [0.1, 0.15) is 5.03 Å². The molecule has 2 nitrogen and oxygen atoms in total. The summed E-state index contributed by atoms with van der Waals surface area (Å²) in [4.78, 5) is 5.48. The van der Waals surface area contributed by atoms with Crippen molar-refractivity contribution >= 4 is 43.6 Å². The lowest BCUT2D eigenvalue weighted by Gasteiger charge is -2.09. The van der Waals surface area contributed by atoms with Gasteiger partial charge in [-0.15, -0.1) is 0 Å². The van der Waals surface area contributed by atoms with Gasteiger partial charge in [0, 0.05) is 26.1 Å². The highest BCUT2D eigenvalue weighted by atomic mass is 79.9. The number of hydrogen-bond donors (Lipinski definition) is 1. The smallest absolute Gasteiger partial charge is 0.101 e. The molecule has 1 aromatic heterocycles. The van der Waals surface area contributed by atoms with Gasteiger partial charge in [-0.05, 0) is 68.6 Å². The van der Waals surface area contributed by atoms with E-state index >= 15 is 0 Å². The van der Waals surface area contributed by atoms with E-state index in [1.54, 1.807) is 18.0 Å². The summed E-state index contributed by atoms with van der Waals surface area (Å²) in [6, 6.07) is 10.2. The van der Waals surface area contributed by atoms with Crippen LogP contribution in [0.5, 0.6) is 0 Å². The molecule has 2 rings (SSSR count). The zero-order valence-corrected chi connectivity index (χ0v) is 13.7. The van der Waals surface area contributed by atoms with E-state index in [0.29, 0.717) is 0 Å². The van der Waals surface area contributed by atoms with Gasteiger partial charge in [-0.25, -0.2) is 4.98 Å². The minimum absolute atomic E-state index is 0.0474.